The Balaban J connectivity index is 0.00000133. The van der Waals surface area contributed by atoms with Gasteiger partial charge in [0.25, 0.3) is 0 Å². The summed E-state index contributed by atoms with van der Waals surface area (Å²) in [5.74, 6) is 1.68. The first kappa shape index (κ1) is 23.7. The van der Waals surface area contributed by atoms with Gasteiger partial charge in [0.1, 0.15) is 17.1 Å². The fourth-order valence-corrected chi connectivity index (χ4v) is 4.40. The highest BCUT2D eigenvalue weighted by Gasteiger charge is 2.24. The minimum Gasteiger partial charge on any atom is -0.497 e. The Morgan fingerprint density at radius 3 is 2.41 bits per heavy atom. The van der Waals surface area contributed by atoms with Crippen LogP contribution in [0, 0.1) is 0 Å². The van der Waals surface area contributed by atoms with Crippen LogP contribution in [0.1, 0.15) is 64.8 Å². The molecule has 2 aromatic heterocycles. The number of halogens is 1. The van der Waals surface area contributed by atoms with Crippen LogP contribution in [0.4, 0.5) is 22.0 Å². The summed E-state index contributed by atoms with van der Waals surface area (Å²) >= 11 is 0. The minimum absolute atomic E-state index is 0.230. The third-order valence-electron chi connectivity index (χ3n) is 6.06. The van der Waals surface area contributed by atoms with Gasteiger partial charge in [-0.15, -0.1) is 0 Å². The van der Waals surface area contributed by atoms with Crippen molar-refractivity contribution in [3.63, 3.8) is 0 Å². The zero-order valence-corrected chi connectivity index (χ0v) is 20.1. The maximum atomic E-state index is 14.4. The van der Waals surface area contributed by atoms with Gasteiger partial charge in [-0.05, 0) is 56.0 Å². The SMILES string of the molecule is CC.COc1ccc(Nc2ncc3nc(NC4=CCCC=C4F)n(C4CCCCC4)c3n2)cc1. The number of rotatable bonds is 6. The summed E-state index contributed by atoms with van der Waals surface area (Å²) in [6.07, 6.45) is 12.5. The lowest BCUT2D eigenvalue weighted by Gasteiger charge is -2.25. The maximum Gasteiger partial charge on any atom is 0.229 e. The molecule has 1 saturated carbocycles. The fourth-order valence-electron chi connectivity index (χ4n) is 4.40. The molecule has 0 aliphatic heterocycles. The van der Waals surface area contributed by atoms with Crippen molar-refractivity contribution in [2.24, 2.45) is 0 Å². The van der Waals surface area contributed by atoms with E-state index in [0.29, 0.717) is 23.1 Å². The number of methoxy groups -OCH3 is 1. The van der Waals surface area contributed by atoms with Crippen molar-refractivity contribution in [1.82, 2.24) is 19.5 Å². The van der Waals surface area contributed by atoms with Gasteiger partial charge in [0.05, 0.1) is 19.0 Å². The molecule has 2 heterocycles. The Hall–Kier alpha value is -3.42. The third-order valence-corrected chi connectivity index (χ3v) is 6.06. The van der Waals surface area contributed by atoms with E-state index in [1.807, 2.05) is 44.2 Å². The zero-order chi connectivity index (χ0) is 23.9. The first-order chi connectivity index (χ1) is 16.7. The Kier molecular flexibility index (Phi) is 7.77. The second kappa shape index (κ2) is 11.1. The molecule has 5 rings (SSSR count). The van der Waals surface area contributed by atoms with E-state index < -0.39 is 0 Å². The second-order valence-corrected chi connectivity index (χ2v) is 8.23. The number of hydrogen-bond donors (Lipinski definition) is 2. The molecule has 2 aliphatic carbocycles. The average molecular weight is 465 g/mol. The first-order valence-electron chi connectivity index (χ1n) is 12.2. The van der Waals surface area contributed by atoms with E-state index in [-0.39, 0.29) is 11.9 Å². The normalized spacial score (nSPS) is 16.2. The summed E-state index contributed by atoms with van der Waals surface area (Å²) in [7, 11) is 1.64. The third kappa shape index (κ3) is 5.21. The number of nitrogens with zero attached hydrogens (tertiary/aromatic N) is 4. The van der Waals surface area contributed by atoms with E-state index in [1.54, 1.807) is 19.4 Å². The lowest BCUT2D eigenvalue weighted by atomic mass is 9.95. The van der Waals surface area contributed by atoms with E-state index in [0.717, 1.165) is 42.8 Å². The Labute approximate surface area is 200 Å². The highest BCUT2D eigenvalue weighted by molar-refractivity contribution is 5.76. The van der Waals surface area contributed by atoms with Crippen LogP contribution in [-0.2, 0) is 0 Å². The van der Waals surface area contributed by atoms with Crippen LogP contribution >= 0.6 is 0 Å². The van der Waals surface area contributed by atoms with Crippen molar-refractivity contribution in [3.05, 3.63) is 54.1 Å². The van der Waals surface area contributed by atoms with Gasteiger partial charge in [0, 0.05) is 11.7 Å². The summed E-state index contributed by atoms with van der Waals surface area (Å²) in [6.45, 7) is 4.00. The van der Waals surface area contributed by atoms with Gasteiger partial charge in [-0.3, -0.25) is 4.57 Å². The second-order valence-electron chi connectivity index (χ2n) is 8.23. The molecule has 0 saturated heterocycles. The van der Waals surface area contributed by atoms with Crippen molar-refractivity contribution < 1.29 is 9.13 Å². The number of imidazole rings is 1. The van der Waals surface area contributed by atoms with E-state index in [9.17, 15) is 4.39 Å². The monoisotopic (exact) mass is 464 g/mol. The quantitative estimate of drug-likeness (QED) is 0.407. The maximum absolute atomic E-state index is 14.4. The summed E-state index contributed by atoms with van der Waals surface area (Å²) < 4.78 is 21.7. The number of benzene rings is 1. The number of nitrogens with one attached hydrogen (secondary N) is 2. The van der Waals surface area contributed by atoms with Crippen molar-refractivity contribution >= 4 is 28.7 Å². The number of aromatic nitrogens is 4. The smallest absolute Gasteiger partial charge is 0.229 e. The Morgan fingerprint density at radius 2 is 1.71 bits per heavy atom. The average Bonchev–Trinajstić information content (AvgIpc) is 3.25. The van der Waals surface area contributed by atoms with Gasteiger partial charge in [-0.2, -0.15) is 4.98 Å². The molecular weight excluding hydrogens is 431 g/mol. The summed E-state index contributed by atoms with van der Waals surface area (Å²) in [5.41, 5.74) is 2.80. The topological polar surface area (TPSA) is 76.9 Å². The Morgan fingerprint density at radius 1 is 0.971 bits per heavy atom. The van der Waals surface area contributed by atoms with Crippen LogP contribution in [0.15, 0.2) is 54.1 Å². The molecule has 0 unspecified atom stereocenters. The van der Waals surface area contributed by atoms with Crippen LogP contribution < -0.4 is 15.4 Å². The molecule has 0 radical (unpaired) electrons. The number of hydrogen-bond acceptors (Lipinski definition) is 6. The van der Waals surface area contributed by atoms with Crippen LogP contribution in [0.5, 0.6) is 5.75 Å². The van der Waals surface area contributed by atoms with Gasteiger partial charge in [0.2, 0.25) is 11.9 Å². The molecular formula is C26H33FN6O. The highest BCUT2D eigenvalue weighted by Crippen LogP contribution is 2.35. The predicted octanol–water partition coefficient (Wildman–Crippen LogP) is 7.05. The van der Waals surface area contributed by atoms with Crippen LogP contribution in [0.25, 0.3) is 11.2 Å². The molecule has 0 amide bonds. The van der Waals surface area contributed by atoms with E-state index in [4.69, 9.17) is 14.7 Å². The molecule has 1 fully saturated rings. The molecule has 1 aromatic carbocycles. The number of allylic oxidation sites excluding steroid dienone is 3. The summed E-state index contributed by atoms with van der Waals surface area (Å²) in [6, 6.07) is 7.88. The van der Waals surface area contributed by atoms with E-state index in [1.165, 1.54) is 19.3 Å². The van der Waals surface area contributed by atoms with Gasteiger partial charge < -0.3 is 15.4 Å². The molecule has 0 bridgehead atoms. The first-order valence-corrected chi connectivity index (χ1v) is 12.2. The van der Waals surface area contributed by atoms with Crippen LogP contribution in [-0.4, -0.2) is 26.6 Å². The summed E-state index contributed by atoms with van der Waals surface area (Å²) in [4.78, 5) is 14.0. The zero-order valence-electron chi connectivity index (χ0n) is 20.1. The van der Waals surface area contributed by atoms with Crippen molar-refractivity contribution in [2.45, 2.75) is 64.8 Å². The molecule has 2 aliphatic rings. The fraction of sp³-hybridized carbons (Fsp3) is 0.423. The van der Waals surface area contributed by atoms with Crippen molar-refractivity contribution in [2.75, 3.05) is 17.7 Å². The molecule has 0 atom stereocenters. The molecule has 3 aromatic rings. The standard InChI is InChI=1S/C24H27FN6O.C2H6/c1-32-18-13-11-16(12-14-18)27-23-26-15-21-22(30-23)31(17-7-3-2-4-8-17)24(29-21)28-20-10-6-5-9-19(20)25;1-2/h9-15,17H,2-8H2,1H3,(H,28,29)(H,26,27,30);1-2H3. The Bertz CT molecular complexity index is 1160. The largest absolute Gasteiger partial charge is 0.497 e. The van der Waals surface area contributed by atoms with Crippen molar-refractivity contribution in [1.29, 1.82) is 0 Å². The molecule has 2 N–H and O–H groups in total. The van der Waals surface area contributed by atoms with Crippen molar-refractivity contribution in [3.8, 4) is 5.75 Å². The summed E-state index contributed by atoms with van der Waals surface area (Å²) in [5, 5.41) is 6.49. The minimum atomic E-state index is -0.230. The molecule has 180 valence electrons. The lowest BCUT2D eigenvalue weighted by molar-refractivity contribution is 0.361. The lowest BCUT2D eigenvalue weighted by Crippen LogP contribution is -2.17. The molecule has 8 heteroatoms. The number of ether oxygens (including phenoxy) is 1. The number of anilines is 3. The van der Waals surface area contributed by atoms with Crippen LogP contribution in [0.2, 0.25) is 0 Å². The van der Waals surface area contributed by atoms with Gasteiger partial charge >= 0.3 is 0 Å². The van der Waals surface area contributed by atoms with Gasteiger partial charge in [0.15, 0.2) is 5.65 Å². The van der Waals surface area contributed by atoms with Crippen LogP contribution in [0.3, 0.4) is 0 Å². The predicted molar refractivity (Wildman–Crippen MR) is 135 cm³/mol. The van der Waals surface area contributed by atoms with E-state index >= 15 is 0 Å². The highest BCUT2D eigenvalue weighted by atomic mass is 19.1. The van der Waals surface area contributed by atoms with Gasteiger partial charge in [-0.1, -0.05) is 39.2 Å². The van der Waals surface area contributed by atoms with Gasteiger partial charge in [-0.25, -0.2) is 14.4 Å². The van der Waals surface area contributed by atoms with E-state index in [2.05, 4.69) is 20.2 Å². The number of fused-ring (bicyclic) bond motifs is 1. The molecule has 7 nitrogen and oxygen atoms in total. The molecule has 34 heavy (non-hydrogen) atoms. The molecule has 0 spiro atoms.